The molecule has 1 aromatic rings. The van der Waals surface area contributed by atoms with Crippen LogP contribution in [0.25, 0.3) is 0 Å². The Labute approximate surface area is 106 Å². The summed E-state index contributed by atoms with van der Waals surface area (Å²) in [5.41, 5.74) is 5.98. The summed E-state index contributed by atoms with van der Waals surface area (Å²) in [4.78, 5) is 12.0. The number of carbonyl (C=O) groups is 1. The maximum Gasteiger partial charge on any atom is 0.251 e. The summed E-state index contributed by atoms with van der Waals surface area (Å²) in [6, 6.07) is 6.59. The molecule has 0 bridgehead atoms. The number of nitrogens with two attached hydrogens (primary N) is 1. The van der Waals surface area contributed by atoms with Gasteiger partial charge in [0.2, 0.25) is 0 Å². The van der Waals surface area contributed by atoms with Crippen molar-refractivity contribution in [1.29, 1.82) is 0 Å². The average Bonchev–Trinajstić information content (AvgIpc) is 2.30. The number of nitrogens with one attached hydrogen (secondary N) is 1. The summed E-state index contributed by atoms with van der Waals surface area (Å²) in [6.07, 6.45) is 0. The van der Waals surface area contributed by atoms with Crippen molar-refractivity contribution in [1.82, 2.24) is 5.32 Å². The van der Waals surface area contributed by atoms with Crippen LogP contribution in [0.1, 0.15) is 24.2 Å². The third kappa shape index (κ3) is 4.03. The standard InChI is InChI=1S/C12H16N2O2S/c1-3-16-10-6-4-9(5-7-10)12(15)14-8(2)11(13)17/h4-8H,3H2,1-2H3,(H2,13,17)(H,14,15). The van der Waals surface area contributed by atoms with Gasteiger partial charge in [-0.2, -0.15) is 0 Å². The molecule has 1 unspecified atom stereocenters. The Morgan fingerprint density at radius 1 is 1.47 bits per heavy atom. The second-order valence-corrected chi connectivity index (χ2v) is 4.03. The van der Waals surface area contributed by atoms with E-state index in [0.717, 1.165) is 5.75 Å². The van der Waals surface area contributed by atoms with E-state index in [1.807, 2.05) is 6.92 Å². The van der Waals surface area contributed by atoms with E-state index in [1.165, 1.54) is 0 Å². The van der Waals surface area contributed by atoms with Crippen LogP contribution in [0.15, 0.2) is 24.3 Å². The van der Waals surface area contributed by atoms with Crippen molar-refractivity contribution >= 4 is 23.1 Å². The summed E-state index contributed by atoms with van der Waals surface area (Å²) in [7, 11) is 0. The average molecular weight is 252 g/mol. The first kappa shape index (κ1) is 13.4. The second kappa shape index (κ2) is 6.20. The Hall–Kier alpha value is -1.62. The number of hydrogen-bond acceptors (Lipinski definition) is 3. The van der Waals surface area contributed by atoms with E-state index in [-0.39, 0.29) is 16.9 Å². The van der Waals surface area contributed by atoms with Crippen LogP contribution in [0.3, 0.4) is 0 Å². The number of rotatable bonds is 5. The monoisotopic (exact) mass is 252 g/mol. The van der Waals surface area contributed by atoms with E-state index >= 15 is 0 Å². The van der Waals surface area contributed by atoms with Gasteiger partial charge in [0.15, 0.2) is 0 Å². The zero-order chi connectivity index (χ0) is 12.8. The normalized spacial score (nSPS) is 11.6. The Kier molecular flexibility index (Phi) is 4.90. The van der Waals surface area contributed by atoms with Crippen molar-refractivity contribution in [3.05, 3.63) is 29.8 Å². The summed E-state index contributed by atoms with van der Waals surface area (Å²) in [5.74, 6) is 0.541. The fraction of sp³-hybridized carbons (Fsp3) is 0.333. The van der Waals surface area contributed by atoms with E-state index in [1.54, 1.807) is 31.2 Å². The van der Waals surface area contributed by atoms with E-state index in [2.05, 4.69) is 5.32 Å². The van der Waals surface area contributed by atoms with Crippen LogP contribution in [0, 0.1) is 0 Å². The van der Waals surface area contributed by atoms with Gasteiger partial charge in [-0.25, -0.2) is 0 Å². The molecule has 1 aromatic carbocycles. The first-order valence-electron chi connectivity index (χ1n) is 5.37. The van der Waals surface area contributed by atoms with Crippen molar-refractivity contribution in [3.63, 3.8) is 0 Å². The van der Waals surface area contributed by atoms with Gasteiger partial charge >= 0.3 is 0 Å². The zero-order valence-electron chi connectivity index (χ0n) is 9.90. The number of carbonyl (C=O) groups excluding carboxylic acids is 1. The largest absolute Gasteiger partial charge is 0.494 e. The minimum Gasteiger partial charge on any atom is -0.494 e. The Morgan fingerprint density at radius 2 is 2.06 bits per heavy atom. The lowest BCUT2D eigenvalue weighted by molar-refractivity contribution is 0.0949. The number of thiocarbonyl (C=S) groups is 1. The number of benzene rings is 1. The van der Waals surface area contributed by atoms with Gasteiger partial charge in [0.1, 0.15) is 5.75 Å². The van der Waals surface area contributed by atoms with Gasteiger partial charge in [0.05, 0.1) is 17.6 Å². The number of hydrogen-bond donors (Lipinski definition) is 2. The van der Waals surface area contributed by atoms with Gasteiger partial charge in [-0.05, 0) is 38.1 Å². The molecule has 0 aromatic heterocycles. The highest BCUT2D eigenvalue weighted by molar-refractivity contribution is 7.80. The molecule has 0 saturated carbocycles. The summed E-state index contributed by atoms with van der Waals surface area (Å²) in [5, 5.41) is 2.70. The van der Waals surface area contributed by atoms with Crippen molar-refractivity contribution in [3.8, 4) is 5.75 Å². The van der Waals surface area contributed by atoms with Crippen LogP contribution < -0.4 is 15.8 Å². The number of amides is 1. The van der Waals surface area contributed by atoms with Gasteiger partial charge in [-0.1, -0.05) is 12.2 Å². The maximum absolute atomic E-state index is 11.8. The van der Waals surface area contributed by atoms with Crippen molar-refractivity contribution in [2.24, 2.45) is 5.73 Å². The summed E-state index contributed by atoms with van der Waals surface area (Å²) in [6.45, 7) is 4.25. The van der Waals surface area contributed by atoms with Gasteiger partial charge in [0, 0.05) is 5.56 Å². The third-order valence-corrected chi connectivity index (χ3v) is 2.56. The molecule has 0 heterocycles. The minimum absolute atomic E-state index is 0.201. The maximum atomic E-state index is 11.8. The fourth-order valence-corrected chi connectivity index (χ4v) is 1.28. The van der Waals surface area contributed by atoms with Gasteiger partial charge in [0.25, 0.3) is 5.91 Å². The van der Waals surface area contributed by atoms with Gasteiger partial charge in [-0.3, -0.25) is 4.79 Å². The molecular formula is C12H16N2O2S. The van der Waals surface area contributed by atoms with Crippen LogP contribution in [0.4, 0.5) is 0 Å². The summed E-state index contributed by atoms with van der Waals surface area (Å²) >= 11 is 4.78. The molecule has 5 heteroatoms. The van der Waals surface area contributed by atoms with Gasteiger partial charge < -0.3 is 15.8 Å². The first-order valence-corrected chi connectivity index (χ1v) is 5.78. The topological polar surface area (TPSA) is 64.3 Å². The van der Waals surface area contributed by atoms with Crippen molar-refractivity contribution in [2.75, 3.05) is 6.61 Å². The van der Waals surface area contributed by atoms with Crippen LogP contribution in [-0.4, -0.2) is 23.5 Å². The smallest absolute Gasteiger partial charge is 0.251 e. The van der Waals surface area contributed by atoms with Crippen molar-refractivity contribution < 1.29 is 9.53 Å². The van der Waals surface area contributed by atoms with E-state index in [0.29, 0.717) is 12.2 Å². The van der Waals surface area contributed by atoms with Crippen LogP contribution in [-0.2, 0) is 0 Å². The SMILES string of the molecule is CCOc1ccc(C(=O)NC(C)C(N)=S)cc1. The quantitative estimate of drug-likeness (QED) is 0.779. The Morgan fingerprint density at radius 3 is 2.53 bits per heavy atom. The molecule has 0 aliphatic rings. The first-order chi connectivity index (χ1) is 8.04. The van der Waals surface area contributed by atoms with E-state index < -0.39 is 0 Å². The molecule has 0 spiro atoms. The molecule has 0 radical (unpaired) electrons. The number of ether oxygens (including phenoxy) is 1. The highest BCUT2D eigenvalue weighted by Gasteiger charge is 2.11. The Balaban J connectivity index is 2.66. The molecule has 0 aliphatic carbocycles. The van der Waals surface area contributed by atoms with E-state index in [4.69, 9.17) is 22.7 Å². The van der Waals surface area contributed by atoms with Gasteiger partial charge in [-0.15, -0.1) is 0 Å². The molecule has 4 nitrogen and oxygen atoms in total. The lowest BCUT2D eigenvalue weighted by Gasteiger charge is -2.12. The van der Waals surface area contributed by atoms with Crippen molar-refractivity contribution in [2.45, 2.75) is 19.9 Å². The lowest BCUT2D eigenvalue weighted by Crippen LogP contribution is -2.41. The third-order valence-electron chi connectivity index (χ3n) is 2.20. The fourth-order valence-electron chi connectivity index (χ4n) is 1.22. The summed E-state index contributed by atoms with van der Waals surface area (Å²) < 4.78 is 5.29. The second-order valence-electron chi connectivity index (χ2n) is 3.55. The molecule has 1 atom stereocenters. The minimum atomic E-state index is -0.316. The molecule has 1 rings (SSSR count). The highest BCUT2D eigenvalue weighted by atomic mass is 32.1. The molecule has 17 heavy (non-hydrogen) atoms. The van der Waals surface area contributed by atoms with Crippen LogP contribution in [0.5, 0.6) is 5.75 Å². The predicted molar refractivity (Wildman–Crippen MR) is 71.3 cm³/mol. The molecule has 3 N–H and O–H groups in total. The Bertz CT molecular complexity index is 403. The molecule has 0 saturated heterocycles. The molecule has 92 valence electrons. The van der Waals surface area contributed by atoms with Crippen LogP contribution in [0.2, 0.25) is 0 Å². The zero-order valence-corrected chi connectivity index (χ0v) is 10.7. The predicted octanol–water partition coefficient (Wildman–Crippen LogP) is 1.49. The molecule has 1 amide bonds. The van der Waals surface area contributed by atoms with E-state index in [9.17, 15) is 4.79 Å². The molecule has 0 fully saturated rings. The highest BCUT2D eigenvalue weighted by Crippen LogP contribution is 2.12. The molecular weight excluding hydrogens is 236 g/mol. The van der Waals surface area contributed by atoms with Crippen LogP contribution >= 0.6 is 12.2 Å². The lowest BCUT2D eigenvalue weighted by atomic mass is 10.2. The molecule has 0 aliphatic heterocycles.